The fourth-order valence-electron chi connectivity index (χ4n) is 2.36. The number of carbonyl (C=O) groups excluding carboxylic acids is 1. The summed E-state index contributed by atoms with van der Waals surface area (Å²) in [6.07, 6.45) is 1.71. The highest BCUT2D eigenvalue weighted by molar-refractivity contribution is 5.88. The largest absolute Gasteiger partial charge is 0.354 e. The van der Waals surface area contributed by atoms with Crippen LogP contribution in [0, 0.1) is 0 Å². The van der Waals surface area contributed by atoms with Crippen LogP contribution in [0.4, 0.5) is 22.0 Å². The molecule has 3 N–H and O–H groups in total. The topological polar surface area (TPSA) is 66.1 Å². The van der Waals surface area contributed by atoms with E-state index in [1.807, 2.05) is 32.0 Å². The number of hydrogen-bond donors (Lipinski definition) is 3. The highest BCUT2D eigenvalue weighted by Gasteiger charge is 2.17. The number of rotatable bonds is 4. The van der Waals surface area contributed by atoms with Crippen LogP contribution in [-0.2, 0) is 5.41 Å². The molecule has 0 spiro atoms. The molecule has 2 rings (SSSR count). The first kappa shape index (κ1) is 17.8. The van der Waals surface area contributed by atoms with Crippen LogP contribution >= 0.6 is 0 Å². The van der Waals surface area contributed by atoms with Crippen LogP contribution in [0.25, 0.3) is 0 Å². The van der Waals surface area contributed by atoms with E-state index in [-0.39, 0.29) is 17.5 Å². The van der Waals surface area contributed by atoms with Gasteiger partial charge in [-0.05, 0) is 43.0 Å². The summed E-state index contributed by atoms with van der Waals surface area (Å²) in [6.45, 7) is 10.4. The number of carbonyl (C=O) groups is 1. The van der Waals surface area contributed by atoms with Crippen molar-refractivity contribution in [3.05, 3.63) is 48.2 Å². The molecule has 2 amide bonds. The van der Waals surface area contributed by atoms with Gasteiger partial charge in [-0.2, -0.15) is 0 Å². The minimum Gasteiger partial charge on any atom is -0.354 e. The van der Waals surface area contributed by atoms with Gasteiger partial charge in [-0.3, -0.25) is 5.32 Å². The van der Waals surface area contributed by atoms with Gasteiger partial charge in [0.15, 0.2) is 0 Å². The van der Waals surface area contributed by atoms with Crippen LogP contribution < -0.4 is 16.0 Å². The quantitative estimate of drug-likeness (QED) is 0.766. The zero-order valence-electron chi connectivity index (χ0n) is 15.0. The Labute approximate surface area is 143 Å². The Morgan fingerprint density at radius 1 is 1.08 bits per heavy atom. The van der Waals surface area contributed by atoms with Gasteiger partial charge >= 0.3 is 6.03 Å². The summed E-state index contributed by atoms with van der Waals surface area (Å²) in [5.41, 5.74) is 3.23. The van der Waals surface area contributed by atoms with E-state index in [0.717, 1.165) is 11.4 Å². The Kier molecular flexibility index (Phi) is 5.44. The molecular weight excluding hydrogens is 300 g/mol. The third kappa shape index (κ3) is 4.98. The van der Waals surface area contributed by atoms with E-state index in [1.165, 1.54) is 5.56 Å². The summed E-state index contributed by atoms with van der Waals surface area (Å²) in [6, 6.07) is 11.8. The van der Waals surface area contributed by atoms with Crippen LogP contribution in [0.1, 0.15) is 40.2 Å². The standard InChI is InChI=1S/C19H26N4O/c1-13(2)21-18(24)23-17-11-10-14(12-20-17)22-16-9-7-6-8-15(16)19(3,4)5/h6-13,22H,1-5H3,(H2,20,21,23,24). The monoisotopic (exact) mass is 326 g/mol. The molecule has 0 fully saturated rings. The molecule has 0 unspecified atom stereocenters. The Morgan fingerprint density at radius 3 is 2.38 bits per heavy atom. The van der Waals surface area contributed by atoms with Gasteiger partial charge in [0, 0.05) is 11.7 Å². The molecule has 1 heterocycles. The van der Waals surface area contributed by atoms with E-state index in [1.54, 1.807) is 12.3 Å². The van der Waals surface area contributed by atoms with Crippen molar-refractivity contribution < 1.29 is 4.79 Å². The Morgan fingerprint density at radius 2 is 1.79 bits per heavy atom. The third-order valence-corrected chi connectivity index (χ3v) is 3.44. The molecule has 5 heteroatoms. The van der Waals surface area contributed by atoms with Crippen molar-refractivity contribution in [1.29, 1.82) is 0 Å². The summed E-state index contributed by atoms with van der Waals surface area (Å²) in [5.74, 6) is 0.516. The van der Waals surface area contributed by atoms with Gasteiger partial charge in [0.1, 0.15) is 5.82 Å². The highest BCUT2D eigenvalue weighted by atomic mass is 16.2. The molecule has 5 nitrogen and oxygen atoms in total. The first-order valence-electron chi connectivity index (χ1n) is 8.16. The van der Waals surface area contributed by atoms with Crippen molar-refractivity contribution in [3.63, 3.8) is 0 Å². The third-order valence-electron chi connectivity index (χ3n) is 3.44. The van der Waals surface area contributed by atoms with Gasteiger partial charge in [-0.25, -0.2) is 9.78 Å². The average molecular weight is 326 g/mol. The summed E-state index contributed by atoms with van der Waals surface area (Å²) in [5, 5.41) is 8.88. The first-order valence-corrected chi connectivity index (χ1v) is 8.16. The molecule has 1 aromatic carbocycles. The van der Waals surface area contributed by atoms with Gasteiger partial charge < -0.3 is 10.6 Å². The molecular formula is C19H26N4O. The second-order valence-corrected chi connectivity index (χ2v) is 7.11. The summed E-state index contributed by atoms with van der Waals surface area (Å²) in [4.78, 5) is 16.0. The number of nitrogens with one attached hydrogen (secondary N) is 3. The molecule has 2 aromatic rings. The lowest BCUT2D eigenvalue weighted by Gasteiger charge is -2.23. The molecule has 0 saturated carbocycles. The SMILES string of the molecule is CC(C)NC(=O)Nc1ccc(Nc2ccccc2C(C)(C)C)cn1. The maximum atomic E-state index is 11.7. The van der Waals surface area contributed by atoms with Crippen LogP contribution in [0.15, 0.2) is 42.6 Å². The van der Waals surface area contributed by atoms with E-state index in [2.05, 4.69) is 53.8 Å². The van der Waals surface area contributed by atoms with Crippen LogP contribution in [-0.4, -0.2) is 17.1 Å². The number of anilines is 3. The van der Waals surface area contributed by atoms with E-state index < -0.39 is 0 Å². The number of para-hydroxylation sites is 1. The van der Waals surface area contributed by atoms with Crippen molar-refractivity contribution in [2.75, 3.05) is 10.6 Å². The fourth-order valence-corrected chi connectivity index (χ4v) is 2.36. The maximum absolute atomic E-state index is 11.7. The van der Waals surface area contributed by atoms with E-state index in [9.17, 15) is 4.79 Å². The molecule has 0 aliphatic carbocycles. The predicted octanol–water partition coefficient (Wildman–Crippen LogP) is 4.65. The highest BCUT2D eigenvalue weighted by Crippen LogP contribution is 2.31. The minimum atomic E-state index is -0.253. The molecule has 0 radical (unpaired) electrons. The lowest BCUT2D eigenvalue weighted by Crippen LogP contribution is -2.34. The molecule has 0 atom stereocenters. The van der Waals surface area contributed by atoms with Crippen LogP contribution in [0.2, 0.25) is 0 Å². The summed E-state index contributed by atoms with van der Waals surface area (Å²) < 4.78 is 0. The predicted molar refractivity (Wildman–Crippen MR) is 100.0 cm³/mol. The maximum Gasteiger partial charge on any atom is 0.320 e. The van der Waals surface area contributed by atoms with E-state index in [4.69, 9.17) is 0 Å². The first-order chi connectivity index (χ1) is 11.3. The lowest BCUT2D eigenvalue weighted by atomic mass is 9.86. The molecule has 0 bridgehead atoms. The molecule has 0 aliphatic heterocycles. The number of aromatic nitrogens is 1. The van der Waals surface area contributed by atoms with Crippen molar-refractivity contribution >= 4 is 23.2 Å². The fraction of sp³-hybridized carbons (Fsp3) is 0.368. The van der Waals surface area contributed by atoms with E-state index in [0.29, 0.717) is 5.82 Å². The van der Waals surface area contributed by atoms with E-state index >= 15 is 0 Å². The molecule has 0 aliphatic rings. The molecule has 24 heavy (non-hydrogen) atoms. The number of nitrogens with zero attached hydrogens (tertiary/aromatic N) is 1. The average Bonchev–Trinajstić information content (AvgIpc) is 2.48. The number of hydrogen-bond acceptors (Lipinski definition) is 3. The smallest absolute Gasteiger partial charge is 0.320 e. The Hall–Kier alpha value is -2.56. The van der Waals surface area contributed by atoms with Crippen molar-refractivity contribution in [2.45, 2.75) is 46.1 Å². The molecule has 1 aromatic heterocycles. The van der Waals surface area contributed by atoms with Gasteiger partial charge in [0.2, 0.25) is 0 Å². The summed E-state index contributed by atoms with van der Waals surface area (Å²) in [7, 11) is 0. The molecule has 0 saturated heterocycles. The zero-order chi connectivity index (χ0) is 17.7. The number of amides is 2. The Balaban J connectivity index is 2.09. The van der Waals surface area contributed by atoms with Gasteiger partial charge in [-0.15, -0.1) is 0 Å². The normalized spacial score (nSPS) is 11.2. The van der Waals surface area contributed by atoms with Crippen molar-refractivity contribution in [1.82, 2.24) is 10.3 Å². The number of urea groups is 1. The van der Waals surface area contributed by atoms with Crippen molar-refractivity contribution in [2.24, 2.45) is 0 Å². The van der Waals surface area contributed by atoms with Crippen molar-refractivity contribution in [3.8, 4) is 0 Å². The van der Waals surface area contributed by atoms with Gasteiger partial charge in [0.05, 0.1) is 11.9 Å². The van der Waals surface area contributed by atoms with Crippen LogP contribution in [0.5, 0.6) is 0 Å². The van der Waals surface area contributed by atoms with Crippen LogP contribution in [0.3, 0.4) is 0 Å². The van der Waals surface area contributed by atoms with Gasteiger partial charge in [0.25, 0.3) is 0 Å². The molecule has 128 valence electrons. The second kappa shape index (κ2) is 7.34. The number of benzene rings is 1. The van der Waals surface area contributed by atoms with Gasteiger partial charge in [-0.1, -0.05) is 39.0 Å². The Bertz CT molecular complexity index is 687. The second-order valence-electron chi connectivity index (χ2n) is 7.11. The number of pyridine rings is 1. The lowest BCUT2D eigenvalue weighted by molar-refractivity contribution is 0.250. The zero-order valence-corrected chi connectivity index (χ0v) is 15.0. The summed E-state index contributed by atoms with van der Waals surface area (Å²) >= 11 is 0. The minimum absolute atomic E-state index is 0.0491.